The summed E-state index contributed by atoms with van der Waals surface area (Å²) in [6.45, 7) is 4.15. The molecule has 2 unspecified atom stereocenters. The number of hydrogen-bond acceptors (Lipinski definition) is 4. The molecule has 21 heavy (non-hydrogen) atoms. The zero-order valence-corrected chi connectivity index (χ0v) is 12.7. The van der Waals surface area contributed by atoms with E-state index < -0.39 is 0 Å². The number of nitrogens with one attached hydrogen (secondary N) is 2. The summed E-state index contributed by atoms with van der Waals surface area (Å²) in [5.41, 5.74) is 1.10. The molecule has 0 aromatic heterocycles. The van der Waals surface area contributed by atoms with E-state index in [4.69, 9.17) is 9.47 Å². The first kappa shape index (κ1) is 15.8. The highest BCUT2D eigenvalue weighted by molar-refractivity contribution is 5.76. The van der Waals surface area contributed by atoms with Crippen LogP contribution in [0.5, 0.6) is 5.75 Å². The van der Waals surface area contributed by atoms with Crippen LogP contribution in [0.15, 0.2) is 24.3 Å². The van der Waals surface area contributed by atoms with Gasteiger partial charge in [-0.2, -0.15) is 0 Å². The minimum atomic E-state index is 0.0559. The van der Waals surface area contributed by atoms with Crippen LogP contribution in [0, 0.1) is 0 Å². The first-order chi connectivity index (χ1) is 10.2. The summed E-state index contributed by atoms with van der Waals surface area (Å²) in [6, 6.07) is 8.08. The second kappa shape index (κ2) is 8.00. The van der Waals surface area contributed by atoms with Crippen molar-refractivity contribution in [3.8, 4) is 5.75 Å². The van der Waals surface area contributed by atoms with Gasteiger partial charge in [-0.3, -0.25) is 4.79 Å². The molecule has 0 spiro atoms. The van der Waals surface area contributed by atoms with Crippen LogP contribution in [-0.4, -0.2) is 44.9 Å². The Morgan fingerprint density at radius 2 is 2.33 bits per heavy atom. The molecule has 2 N–H and O–H groups in total. The van der Waals surface area contributed by atoms with Crippen LogP contribution in [0.3, 0.4) is 0 Å². The van der Waals surface area contributed by atoms with E-state index in [1.54, 1.807) is 7.11 Å². The van der Waals surface area contributed by atoms with Gasteiger partial charge in [0.1, 0.15) is 5.75 Å². The fraction of sp³-hybridized carbons (Fsp3) is 0.562. The van der Waals surface area contributed by atoms with Crippen molar-refractivity contribution in [1.29, 1.82) is 0 Å². The quantitative estimate of drug-likeness (QED) is 0.825. The lowest BCUT2D eigenvalue weighted by Gasteiger charge is -2.24. The molecule has 1 aliphatic heterocycles. The summed E-state index contributed by atoms with van der Waals surface area (Å²) in [5, 5.41) is 6.32. The molecule has 5 nitrogen and oxygen atoms in total. The topological polar surface area (TPSA) is 59.6 Å². The minimum absolute atomic E-state index is 0.0559. The van der Waals surface area contributed by atoms with Crippen LogP contribution in [-0.2, 0) is 16.0 Å². The molecule has 0 radical (unpaired) electrons. The minimum Gasteiger partial charge on any atom is -0.496 e. The van der Waals surface area contributed by atoms with E-state index in [9.17, 15) is 4.79 Å². The first-order valence-electron chi connectivity index (χ1n) is 7.41. The van der Waals surface area contributed by atoms with Gasteiger partial charge >= 0.3 is 0 Å². The summed E-state index contributed by atoms with van der Waals surface area (Å²) in [7, 11) is 1.66. The second-order valence-corrected chi connectivity index (χ2v) is 5.41. The maximum Gasteiger partial charge on any atom is 0.221 e. The van der Waals surface area contributed by atoms with E-state index >= 15 is 0 Å². The standard InChI is InChI=1S/C16H24N2O3/c1-12(9-13-5-3-4-6-15(13)20-2)18-16(19)10-14-11-21-8-7-17-14/h3-6,12,14,17H,7-11H2,1-2H3,(H,18,19). The molecule has 0 aliphatic carbocycles. The highest BCUT2D eigenvalue weighted by Gasteiger charge is 2.18. The lowest BCUT2D eigenvalue weighted by molar-refractivity contribution is -0.122. The Labute approximate surface area is 126 Å². The Kier molecular flexibility index (Phi) is 6.02. The van der Waals surface area contributed by atoms with Crippen molar-refractivity contribution in [3.05, 3.63) is 29.8 Å². The zero-order valence-electron chi connectivity index (χ0n) is 12.7. The average Bonchev–Trinajstić information content (AvgIpc) is 2.48. The monoisotopic (exact) mass is 292 g/mol. The number of morpholine rings is 1. The zero-order chi connectivity index (χ0) is 15.1. The molecule has 2 rings (SSSR count). The fourth-order valence-corrected chi connectivity index (χ4v) is 2.56. The van der Waals surface area contributed by atoms with Crippen LogP contribution >= 0.6 is 0 Å². The molecule has 1 aromatic rings. The van der Waals surface area contributed by atoms with Crippen molar-refractivity contribution in [2.45, 2.75) is 31.8 Å². The van der Waals surface area contributed by atoms with Crippen LogP contribution in [0.1, 0.15) is 18.9 Å². The van der Waals surface area contributed by atoms with Crippen LogP contribution in [0.2, 0.25) is 0 Å². The van der Waals surface area contributed by atoms with Crippen molar-refractivity contribution in [2.24, 2.45) is 0 Å². The third kappa shape index (κ3) is 5.02. The van der Waals surface area contributed by atoms with Gasteiger partial charge in [-0.15, -0.1) is 0 Å². The van der Waals surface area contributed by atoms with Gasteiger partial charge in [-0.1, -0.05) is 18.2 Å². The van der Waals surface area contributed by atoms with Crippen LogP contribution in [0.4, 0.5) is 0 Å². The normalized spacial score (nSPS) is 19.8. The molecule has 1 fully saturated rings. The van der Waals surface area contributed by atoms with Gasteiger partial charge in [0.15, 0.2) is 0 Å². The summed E-state index contributed by atoms with van der Waals surface area (Å²) >= 11 is 0. The van der Waals surface area contributed by atoms with Gasteiger partial charge in [-0.05, 0) is 25.0 Å². The second-order valence-electron chi connectivity index (χ2n) is 5.41. The smallest absolute Gasteiger partial charge is 0.221 e. The van der Waals surface area contributed by atoms with Gasteiger partial charge in [0, 0.05) is 25.0 Å². The van der Waals surface area contributed by atoms with E-state index in [1.165, 1.54) is 0 Å². The Morgan fingerprint density at radius 1 is 1.52 bits per heavy atom. The molecule has 1 heterocycles. The first-order valence-corrected chi connectivity index (χ1v) is 7.41. The van der Waals surface area contributed by atoms with Crippen molar-refractivity contribution < 1.29 is 14.3 Å². The molecule has 2 atom stereocenters. The summed E-state index contributed by atoms with van der Waals surface area (Å²) < 4.78 is 10.7. The summed E-state index contributed by atoms with van der Waals surface area (Å²) in [6.07, 6.45) is 1.21. The third-order valence-corrected chi connectivity index (χ3v) is 3.56. The average molecular weight is 292 g/mol. The molecular weight excluding hydrogens is 268 g/mol. The summed E-state index contributed by atoms with van der Waals surface area (Å²) in [4.78, 5) is 12.0. The predicted octanol–water partition coefficient (Wildman–Crippen LogP) is 1.12. The fourth-order valence-electron chi connectivity index (χ4n) is 2.56. The van der Waals surface area contributed by atoms with E-state index in [1.807, 2.05) is 31.2 Å². The Balaban J connectivity index is 1.80. The van der Waals surface area contributed by atoms with Crippen molar-refractivity contribution in [1.82, 2.24) is 10.6 Å². The van der Waals surface area contributed by atoms with Crippen molar-refractivity contribution in [2.75, 3.05) is 26.9 Å². The largest absolute Gasteiger partial charge is 0.496 e. The van der Waals surface area contributed by atoms with Crippen LogP contribution < -0.4 is 15.4 Å². The van der Waals surface area contributed by atoms with Crippen LogP contribution in [0.25, 0.3) is 0 Å². The highest BCUT2D eigenvalue weighted by Crippen LogP contribution is 2.18. The summed E-state index contributed by atoms with van der Waals surface area (Å²) in [5.74, 6) is 0.918. The van der Waals surface area contributed by atoms with Gasteiger partial charge in [0.05, 0.1) is 20.3 Å². The number of hydrogen-bond donors (Lipinski definition) is 2. The van der Waals surface area contributed by atoms with E-state index in [-0.39, 0.29) is 18.0 Å². The number of amides is 1. The molecule has 0 bridgehead atoms. The maximum absolute atomic E-state index is 12.0. The Bertz CT molecular complexity index is 459. The molecule has 1 amide bonds. The number of carbonyl (C=O) groups is 1. The number of carbonyl (C=O) groups excluding carboxylic acids is 1. The molecule has 1 aliphatic rings. The maximum atomic E-state index is 12.0. The van der Waals surface area contributed by atoms with E-state index in [2.05, 4.69) is 10.6 Å². The van der Waals surface area contributed by atoms with E-state index in [0.29, 0.717) is 13.0 Å². The van der Waals surface area contributed by atoms with Gasteiger partial charge in [-0.25, -0.2) is 0 Å². The molecule has 1 aromatic carbocycles. The number of rotatable bonds is 6. The lowest BCUT2D eigenvalue weighted by atomic mass is 10.1. The number of para-hydroxylation sites is 1. The third-order valence-electron chi connectivity index (χ3n) is 3.56. The predicted molar refractivity (Wildman–Crippen MR) is 81.5 cm³/mol. The molecule has 5 heteroatoms. The van der Waals surface area contributed by atoms with Crippen molar-refractivity contribution in [3.63, 3.8) is 0 Å². The van der Waals surface area contributed by atoms with E-state index in [0.717, 1.165) is 30.9 Å². The highest BCUT2D eigenvalue weighted by atomic mass is 16.5. The molecular formula is C16H24N2O3. The van der Waals surface area contributed by atoms with Crippen molar-refractivity contribution >= 4 is 5.91 Å². The number of methoxy groups -OCH3 is 1. The Morgan fingerprint density at radius 3 is 3.05 bits per heavy atom. The number of ether oxygens (including phenoxy) is 2. The molecule has 116 valence electrons. The van der Waals surface area contributed by atoms with Gasteiger partial charge in [0.2, 0.25) is 5.91 Å². The van der Waals surface area contributed by atoms with Gasteiger partial charge in [0.25, 0.3) is 0 Å². The SMILES string of the molecule is COc1ccccc1CC(C)NC(=O)CC1COCCN1. The Hall–Kier alpha value is -1.59. The molecule has 0 saturated carbocycles. The van der Waals surface area contributed by atoms with Gasteiger partial charge < -0.3 is 20.1 Å². The number of benzene rings is 1. The lowest BCUT2D eigenvalue weighted by Crippen LogP contribution is -2.45. The molecule has 1 saturated heterocycles.